The van der Waals surface area contributed by atoms with Gasteiger partial charge in [-0.05, 0) is 38.6 Å². The molecule has 1 aromatic carbocycles. The SMILES string of the molecule is Cc1ccc(CN(C)C(C)C(=O)O)c(-c2ccnn2C)c1. The number of nitrogens with zero attached hydrogens (tertiary/aromatic N) is 3. The Morgan fingerprint density at radius 3 is 2.71 bits per heavy atom. The maximum absolute atomic E-state index is 11.1. The second-order valence-electron chi connectivity index (χ2n) is 5.43. The minimum Gasteiger partial charge on any atom is -0.480 e. The van der Waals surface area contributed by atoms with Crippen LogP contribution in [0.2, 0.25) is 0 Å². The number of carbonyl (C=O) groups is 1. The summed E-state index contributed by atoms with van der Waals surface area (Å²) in [7, 11) is 3.73. The van der Waals surface area contributed by atoms with E-state index in [1.165, 1.54) is 5.56 Å². The van der Waals surface area contributed by atoms with Crippen molar-refractivity contribution < 1.29 is 9.90 Å². The quantitative estimate of drug-likeness (QED) is 0.916. The first kappa shape index (κ1) is 15.3. The van der Waals surface area contributed by atoms with Gasteiger partial charge >= 0.3 is 5.97 Å². The maximum atomic E-state index is 11.1. The molecule has 0 aliphatic carbocycles. The normalized spacial score (nSPS) is 12.6. The molecule has 0 aliphatic rings. The average Bonchev–Trinajstić information content (AvgIpc) is 2.85. The van der Waals surface area contributed by atoms with Crippen LogP contribution >= 0.6 is 0 Å². The Kier molecular flexibility index (Phi) is 4.43. The third-order valence-corrected chi connectivity index (χ3v) is 3.80. The summed E-state index contributed by atoms with van der Waals surface area (Å²) in [5, 5.41) is 13.3. The maximum Gasteiger partial charge on any atom is 0.320 e. The van der Waals surface area contributed by atoms with Crippen LogP contribution in [0.25, 0.3) is 11.3 Å². The van der Waals surface area contributed by atoms with Crippen LogP contribution in [0.3, 0.4) is 0 Å². The largest absolute Gasteiger partial charge is 0.480 e. The van der Waals surface area contributed by atoms with Gasteiger partial charge in [0.1, 0.15) is 6.04 Å². The van der Waals surface area contributed by atoms with Gasteiger partial charge in [-0.2, -0.15) is 5.10 Å². The summed E-state index contributed by atoms with van der Waals surface area (Å²) in [4.78, 5) is 12.9. The molecule has 2 rings (SSSR count). The van der Waals surface area contributed by atoms with E-state index in [4.69, 9.17) is 5.11 Å². The molecule has 2 aromatic rings. The number of hydrogen-bond acceptors (Lipinski definition) is 3. The minimum atomic E-state index is -0.813. The third kappa shape index (κ3) is 3.31. The predicted octanol–water partition coefficient (Wildman–Crippen LogP) is 2.30. The summed E-state index contributed by atoms with van der Waals surface area (Å²) < 4.78 is 1.83. The summed E-state index contributed by atoms with van der Waals surface area (Å²) in [6, 6.07) is 7.67. The molecule has 0 saturated carbocycles. The van der Waals surface area contributed by atoms with Crippen molar-refractivity contribution in [1.29, 1.82) is 0 Å². The first-order valence-corrected chi connectivity index (χ1v) is 6.91. The van der Waals surface area contributed by atoms with Gasteiger partial charge in [0, 0.05) is 25.4 Å². The molecule has 112 valence electrons. The van der Waals surface area contributed by atoms with E-state index in [1.807, 2.05) is 36.7 Å². The van der Waals surface area contributed by atoms with Crippen molar-refractivity contribution in [1.82, 2.24) is 14.7 Å². The fraction of sp³-hybridized carbons (Fsp3) is 0.375. The molecule has 0 radical (unpaired) electrons. The molecule has 1 aromatic heterocycles. The highest BCUT2D eigenvalue weighted by Crippen LogP contribution is 2.25. The Hall–Kier alpha value is -2.14. The minimum absolute atomic E-state index is 0.523. The van der Waals surface area contributed by atoms with Gasteiger partial charge in [-0.25, -0.2) is 0 Å². The van der Waals surface area contributed by atoms with Crippen molar-refractivity contribution in [2.24, 2.45) is 7.05 Å². The molecule has 0 amide bonds. The van der Waals surface area contributed by atoms with Crippen molar-refractivity contribution in [3.8, 4) is 11.3 Å². The van der Waals surface area contributed by atoms with Crippen LogP contribution in [-0.2, 0) is 18.4 Å². The number of carboxylic acids is 1. The van der Waals surface area contributed by atoms with Crippen LogP contribution in [0.4, 0.5) is 0 Å². The Balaban J connectivity index is 2.36. The van der Waals surface area contributed by atoms with Crippen LogP contribution in [0.1, 0.15) is 18.1 Å². The van der Waals surface area contributed by atoms with Gasteiger partial charge in [-0.15, -0.1) is 0 Å². The second kappa shape index (κ2) is 6.10. The van der Waals surface area contributed by atoms with Crippen LogP contribution in [0.5, 0.6) is 0 Å². The smallest absolute Gasteiger partial charge is 0.320 e. The summed E-state index contributed by atoms with van der Waals surface area (Å²) in [5.74, 6) is -0.813. The van der Waals surface area contributed by atoms with Crippen molar-refractivity contribution in [2.75, 3.05) is 7.05 Å². The van der Waals surface area contributed by atoms with Crippen molar-refractivity contribution in [2.45, 2.75) is 26.4 Å². The van der Waals surface area contributed by atoms with Crippen molar-refractivity contribution in [3.63, 3.8) is 0 Å². The Morgan fingerprint density at radius 2 is 2.14 bits per heavy atom. The summed E-state index contributed by atoms with van der Waals surface area (Å²) in [5.41, 5.74) is 4.40. The summed E-state index contributed by atoms with van der Waals surface area (Å²) >= 11 is 0. The van der Waals surface area contributed by atoms with Gasteiger partial charge in [0.15, 0.2) is 0 Å². The highest BCUT2D eigenvalue weighted by molar-refractivity contribution is 5.73. The van der Waals surface area contributed by atoms with Gasteiger partial charge in [0.2, 0.25) is 0 Å². The van der Waals surface area contributed by atoms with E-state index in [1.54, 1.807) is 13.1 Å². The zero-order chi connectivity index (χ0) is 15.6. The van der Waals surface area contributed by atoms with E-state index in [0.29, 0.717) is 6.54 Å². The average molecular weight is 287 g/mol. The molecule has 5 heteroatoms. The molecule has 1 atom stereocenters. The van der Waals surface area contributed by atoms with Crippen LogP contribution < -0.4 is 0 Å². The first-order valence-electron chi connectivity index (χ1n) is 6.91. The fourth-order valence-electron chi connectivity index (χ4n) is 2.30. The number of aryl methyl sites for hydroxylation is 2. The van der Waals surface area contributed by atoms with Crippen molar-refractivity contribution >= 4 is 5.97 Å². The second-order valence-corrected chi connectivity index (χ2v) is 5.43. The molecule has 0 bridgehead atoms. The number of carboxylic acid groups (broad SMARTS) is 1. The number of aromatic nitrogens is 2. The number of aliphatic carboxylic acids is 1. The number of benzene rings is 1. The third-order valence-electron chi connectivity index (χ3n) is 3.80. The lowest BCUT2D eigenvalue weighted by molar-refractivity contribution is -0.142. The zero-order valence-electron chi connectivity index (χ0n) is 12.9. The van der Waals surface area contributed by atoms with E-state index in [2.05, 4.69) is 23.3 Å². The standard InChI is InChI=1S/C16H21N3O2/c1-11-5-6-13(10-18(3)12(2)16(20)21)14(9-11)15-7-8-17-19(15)4/h5-9,12H,10H2,1-4H3,(H,20,21). The zero-order valence-corrected chi connectivity index (χ0v) is 12.9. The topological polar surface area (TPSA) is 58.4 Å². The lowest BCUT2D eigenvalue weighted by Gasteiger charge is -2.23. The number of hydrogen-bond donors (Lipinski definition) is 1. The van der Waals surface area contributed by atoms with Gasteiger partial charge in [-0.3, -0.25) is 14.4 Å². The van der Waals surface area contributed by atoms with E-state index in [0.717, 1.165) is 16.8 Å². The molecule has 21 heavy (non-hydrogen) atoms. The van der Waals surface area contributed by atoms with Crippen LogP contribution in [0.15, 0.2) is 30.5 Å². The lowest BCUT2D eigenvalue weighted by Crippen LogP contribution is -2.35. The van der Waals surface area contributed by atoms with Gasteiger partial charge < -0.3 is 5.11 Å². The summed E-state index contributed by atoms with van der Waals surface area (Å²) in [6.45, 7) is 4.32. The predicted molar refractivity (Wildman–Crippen MR) is 81.9 cm³/mol. The molecular weight excluding hydrogens is 266 g/mol. The monoisotopic (exact) mass is 287 g/mol. The summed E-state index contributed by atoms with van der Waals surface area (Å²) in [6.07, 6.45) is 1.77. The fourth-order valence-corrected chi connectivity index (χ4v) is 2.30. The highest BCUT2D eigenvalue weighted by atomic mass is 16.4. The number of rotatable bonds is 5. The lowest BCUT2D eigenvalue weighted by atomic mass is 10.0. The van der Waals surface area contributed by atoms with Crippen LogP contribution in [-0.4, -0.2) is 38.8 Å². The first-order chi connectivity index (χ1) is 9.90. The highest BCUT2D eigenvalue weighted by Gasteiger charge is 2.18. The van der Waals surface area contributed by atoms with E-state index in [9.17, 15) is 4.79 Å². The number of likely N-dealkylation sites (N-methyl/N-ethyl adjacent to an activating group) is 1. The van der Waals surface area contributed by atoms with Gasteiger partial charge in [0.05, 0.1) is 5.69 Å². The Morgan fingerprint density at radius 1 is 1.43 bits per heavy atom. The molecule has 5 nitrogen and oxygen atoms in total. The molecule has 0 spiro atoms. The van der Waals surface area contributed by atoms with E-state index in [-0.39, 0.29) is 0 Å². The molecule has 1 N–H and O–H groups in total. The molecule has 0 fully saturated rings. The van der Waals surface area contributed by atoms with E-state index < -0.39 is 12.0 Å². The molecule has 1 unspecified atom stereocenters. The molecular formula is C16H21N3O2. The molecule has 1 heterocycles. The van der Waals surface area contributed by atoms with Crippen molar-refractivity contribution in [3.05, 3.63) is 41.6 Å². The molecule has 0 aliphatic heterocycles. The van der Waals surface area contributed by atoms with Gasteiger partial charge in [0.25, 0.3) is 0 Å². The van der Waals surface area contributed by atoms with E-state index >= 15 is 0 Å². The molecule has 0 saturated heterocycles. The van der Waals surface area contributed by atoms with Crippen LogP contribution in [0, 0.1) is 6.92 Å². The Bertz CT molecular complexity index is 649. The van der Waals surface area contributed by atoms with Gasteiger partial charge in [-0.1, -0.05) is 17.7 Å². The Labute approximate surface area is 124 Å².